The highest BCUT2D eigenvalue weighted by atomic mass is 16.5. The van der Waals surface area contributed by atoms with Gasteiger partial charge in [0, 0.05) is 7.11 Å². The van der Waals surface area contributed by atoms with E-state index in [4.69, 9.17) is 4.74 Å². The second kappa shape index (κ2) is 5.19. The Kier molecular flexibility index (Phi) is 3.85. The van der Waals surface area contributed by atoms with Gasteiger partial charge in [-0.3, -0.25) is 0 Å². The molecule has 0 spiro atoms. The number of rotatable bonds is 5. The number of methoxy groups -OCH3 is 1. The molecule has 1 fully saturated rings. The number of ether oxygens (including phenoxy) is 1. The highest BCUT2D eigenvalue weighted by molar-refractivity contribution is 5.28. The van der Waals surface area contributed by atoms with E-state index < -0.39 is 0 Å². The molecule has 0 amide bonds. The maximum atomic E-state index is 5.78. The van der Waals surface area contributed by atoms with Gasteiger partial charge in [-0.15, -0.1) is 0 Å². The van der Waals surface area contributed by atoms with Gasteiger partial charge in [0.1, 0.15) is 0 Å². The molecule has 0 bridgehead atoms. The summed E-state index contributed by atoms with van der Waals surface area (Å²) in [4.78, 5) is 0. The number of hydrogen-bond acceptors (Lipinski definition) is 2. The van der Waals surface area contributed by atoms with Crippen LogP contribution in [0, 0.1) is 0 Å². The van der Waals surface area contributed by atoms with Crippen molar-refractivity contribution in [3.8, 4) is 0 Å². The predicted octanol–water partition coefficient (Wildman–Crippen LogP) is 3.08. The molecule has 0 aromatic heterocycles. The van der Waals surface area contributed by atoms with E-state index in [0.29, 0.717) is 6.04 Å². The van der Waals surface area contributed by atoms with Gasteiger partial charge in [0.05, 0.1) is 11.6 Å². The van der Waals surface area contributed by atoms with E-state index in [2.05, 4.69) is 36.5 Å². The number of likely N-dealkylation sites (N-methyl/N-ethyl adjacent to an activating group) is 1. The summed E-state index contributed by atoms with van der Waals surface area (Å²) in [5.41, 5.74) is 2.75. The van der Waals surface area contributed by atoms with Gasteiger partial charge in [-0.05, 0) is 43.9 Å². The van der Waals surface area contributed by atoms with Gasteiger partial charge in [0.2, 0.25) is 0 Å². The summed E-state index contributed by atoms with van der Waals surface area (Å²) < 4.78 is 5.78. The molecule has 17 heavy (non-hydrogen) atoms. The normalized spacial score (nSPS) is 19.7. The quantitative estimate of drug-likeness (QED) is 0.844. The van der Waals surface area contributed by atoms with E-state index in [0.717, 1.165) is 19.3 Å². The Bertz CT molecular complexity index is 348. The lowest BCUT2D eigenvalue weighted by atomic mass is 9.72. The Hall–Kier alpha value is -0.860. The van der Waals surface area contributed by atoms with Crippen LogP contribution >= 0.6 is 0 Å². The minimum Gasteiger partial charge on any atom is -0.376 e. The topological polar surface area (TPSA) is 21.3 Å². The third-order valence-electron chi connectivity index (χ3n) is 4.14. The van der Waals surface area contributed by atoms with E-state index >= 15 is 0 Å². The highest BCUT2D eigenvalue weighted by Crippen LogP contribution is 2.44. The lowest BCUT2D eigenvalue weighted by molar-refractivity contribution is -0.0983. The van der Waals surface area contributed by atoms with Crippen LogP contribution in [0.5, 0.6) is 0 Å². The second-order valence-electron chi connectivity index (χ2n) is 4.94. The summed E-state index contributed by atoms with van der Waals surface area (Å²) in [6.45, 7) is 2.19. The molecule has 1 saturated carbocycles. The maximum absolute atomic E-state index is 5.78. The fourth-order valence-electron chi connectivity index (χ4n) is 2.82. The van der Waals surface area contributed by atoms with Crippen LogP contribution in [0.15, 0.2) is 24.3 Å². The summed E-state index contributed by atoms with van der Waals surface area (Å²) >= 11 is 0. The molecule has 1 N–H and O–H groups in total. The predicted molar refractivity (Wildman–Crippen MR) is 71.2 cm³/mol. The molecule has 0 heterocycles. The number of hydrogen-bond donors (Lipinski definition) is 1. The molecule has 1 atom stereocenters. The van der Waals surface area contributed by atoms with Crippen molar-refractivity contribution < 1.29 is 4.74 Å². The van der Waals surface area contributed by atoms with Crippen LogP contribution in [0.3, 0.4) is 0 Å². The third kappa shape index (κ3) is 2.24. The number of aryl methyl sites for hydroxylation is 1. The molecule has 2 nitrogen and oxygen atoms in total. The van der Waals surface area contributed by atoms with Crippen LogP contribution in [-0.2, 0) is 11.2 Å². The minimum atomic E-state index is 0.0164. The van der Waals surface area contributed by atoms with Crippen molar-refractivity contribution in [3.63, 3.8) is 0 Å². The zero-order chi connectivity index (χ0) is 12.3. The van der Waals surface area contributed by atoms with Crippen molar-refractivity contribution >= 4 is 0 Å². The van der Waals surface area contributed by atoms with Crippen LogP contribution in [0.25, 0.3) is 0 Å². The summed E-state index contributed by atoms with van der Waals surface area (Å²) in [7, 11) is 3.86. The second-order valence-corrected chi connectivity index (χ2v) is 4.94. The lowest BCUT2D eigenvalue weighted by Gasteiger charge is -2.46. The first-order valence-corrected chi connectivity index (χ1v) is 6.57. The van der Waals surface area contributed by atoms with E-state index in [9.17, 15) is 0 Å². The molecule has 1 aliphatic rings. The van der Waals surface area contributed by atoms with Crippen LogP contribution in [-0.4, -0.2) is 19.8 Å². The molecule has 0 saturated heterocycles. The molecule has 2 heteroatoms. The molecule has 1 unspecified atom stereocenters. The van der Waals surface area contributed by atoms with Gasteiger partial charge >= 0.3 is 0 Å². The van der Waals surface area contributed by atoms with Crippen molar-refractivity contribution in [3.05, 3.63) is 35.4 Å². The van der Waals surface area contributed by atoms with Gasteiger partial charge < -0.3 is 10.1 Å². The smallest absolute Gasteiger partial charge is 0.0872 e. The standard InChI is InChI=1S/C15H23NO/c1-4-12-6-8-13(9-7-12)14(16-2)15(17-3)10-5-11-15/h6-9,14,16H,4-5,10-11H2,1-3H3. The number of nitrogens with one attached hydrogen (secondary N) is 1. The Labute approximate surface area is 104 Å². The van der Waals surface area contributed by atoms with Gasteiger partial charge in [0.15, 0.2) is 0 Å². The molecular weight excluding hydrogens is 210 g/mol. The van der Waals surface area contributed by atoms with Crippen molar-refractivity contribution in [1.29, 1.82) is 0 Å². The maximum Gasteiger partial charge on any atom is 0.0872 e. The van der Waals surface area contributed by atoms with Crippen molar-refractivity contribution in [2.45, 2.75) is 44.2 Å². The Morgan fingerprint density at radius 2 is 1.94 bits per heavy atom. The molecule has 1 aromatic carbocycles. The van der Waals surface area contributed by atoms with Crippen LogP contribution in [0.1, 0.15) is 43.4 Å². The average Bonchev–Trinajstić information content (AvgIpc) is 2.34. The first-order chi connectivity index (χ1) is 8.25. The number of benzene rings is 1. The largest absolute Gasteiger partial charge is 0.376 e. The highest BCUT2D eigenvalue weighted by Gasteiger charge is 2.44. The van der Waals surface area contributed by atoms with E-state index in [-0.39, 0.29) is 5.60 Å². The summed E-state index contributed by atoms with van der Waals surface area (Å²) in [5.74, 6) is 0. The zero-order valence-corrected chi connectivity index (χ0v) is 11.1. The van der Waals surface area contributed by atoms with Crippen molar-refractivity contribution in [2.24, 2.45) is 0 Å². The van der Waals surface area contributed by atoms with Crippen molar-refractivity contribution in [2.75, 3.05) is 14.2 Å². The average molecular weight is 233 g/mol. The first-order valence-electron chi connectivity index (χ1n) is 6.57. The minimum absolute atomic E-state index is 0.0164. The van der Waals surface area contributed by atoms with Crippen molar-refractivity contribution in [1.82, 2.24) is 5.32 Å². The Balaban J connectivity index is 2.22. The van der Waals surface area contributed by atoms with Gasteiger partial charge in [-0.2, -0.15) is 0 Å². The fourth-order valence-corrected chi connectivity index (χ4v) is 2.82. The lowest BCUT2D eigenvalue weighted by Crippen LogP contribution is -2.49. The van der Waals surface area contributed by atoms with Gasteiger partial charge in [-0.25, -0.2) is 0 Å². The summed E-state index contributed by atoms with van der Waals surface area (Å²) in [5, 5.41) is 3.42. The summed E-state index contributed by atoms with van der Waals surface area (Å²) in [6.07, 6.45) is 4.69. The van der Waals surface area contributed by atoms with Gasteiger partial charge in [0.25, 0.3) is 0 Å². The monoisotopic (exact) mass is 233 g/mol. The molecule has 2 rings (SSSR count). The van der Waals surface area contributed by atoms with Crippen LogP contribution < -0.4 is 5.32 Å². The SMILES string of the molecule is CCc1ccc(C(NC)C2(OC)CCC2)cc1. The van der Waals surface area contributed by atoms with Crippen LogP contribution in [0.2, 0.25) is 0 Å². The van der Waals surface area contributed by atoms with E-state index in [1.54, 1.807) is 0 Å². The molecule has 94 valence electrons. The van der Waals surface area contributed by atoms with Gasteiger partial charge in [-0.1, -0.05) is 31.2 Å². The van der Waals surface area contributed by atoms with Crippen LogP contribution in [0.4, 0.5) is 0 Å². The third-order valence-corrected chi connectivity index (χ3v) is 4.14. The first kappa shape index (κ1) is 12.6. The molecule has 0 aliphatic heterocycles. The van der Waals surface area contributed by atoms with E-state index in [1.165, 1.54) is 17.5 Å². The molecule has 1 aliphatic carbocycles. The fraction of sp³-hybridized carbons (Fsp3) is 0.600. The molecule has 0 radical (unpaired) electrons. The van der Waals surface area contributed by atoms with E-state index in [1.807, 2.05) is 14.2 Å². The Morgan fingerprint density at radius 1 is 1.29 bits per heavy atom. The molecule has 1 aromatic rings. The Morgan fingerprint density at radius 3 is 2.29 bits per heavy atom. The zero-order valence-electron chi connectivity index (χ0n) is 11.1. The molecular formula is C15H23NO. The summed E-state index contributed by atoms with van der Waals surface area (Å²) in [6, 6.07) is 9.23.